The van der Waals surface area contributed by atoms with Gasteiger partial charge < -0.3 is 9.47 Å². The number of hydrogen-bond acceptors (Lipinski definition) is 4. The maximum absolute atomic E-state index is 12.0. The summed E-state index contributed by atoms with van der Waals surface area (Å²) in [5, 5.41) is 4.03. The molecule has 0 heterocycles. The molecule has 5 heteroatoms. The number of amides is 1. The lowest BCUT2D eigenvalue weighted by Crippen LogP contribution is -2.24. The number of nitrogens with zero attached hydrogens (tertiary/aromatic N) is 1. The number of carbonyl (C=O) groups excluding carboxylic acids is 1. The van der Waals surface area contributed by atoms with E-state index < -0.39 is 0 Å². The second kappa shape index (κ2) is 11.6. The summed E-state index contributed by atoms with van der Waals surface area (Å²) >= 11 is 0. The van der Waals surface area contributed by atoms with Gasteiger partial charge in [-0.25, -0.2) is 5.43 Å². The van der Waals surface area contributed by atoms with Crippen LogP contribution in [-0.2, 0) is 11.4 Å². The molecular formula is C26H28N2O3. The number of hydrazone groups is 1. The van der Waals surface area contributed by atoms with Crippen molar-refractivity contribution in [1.29, 1.82) is 0 Å². The molecular weight excluding hydrogens is 388 g/mol. The Morgan fingerprint density at radius 2 is 1.68 bits per heavy atom. The normalized spacial score (nSPS) is 11.8. The van der Waals surface area contributed by atoms with E-state index in [1.165, 1.54) is 5.56 Å². The largest absolute Gasteiger partial charge is 0.488 e. The molecule has 0 saturated heterocycles. The summed E-state index contributed by atoms with van der Waals surface area (Å²) in [6.07, 6.45) is 2.65. The van der Waals surface area contributed by atoms with Gasteiger partial charge in [0.05, 0.1) is 6.21 Å². The summed E-state index contributed by atoms with van der Waals surface area (Å²) < 4.78 is 11.4. The van der Waals surface area contributed by atoms with E-state index >= 15 is 0 Å². The third kappa shape index (κ3) is 7.00. The van der Waals surface area contributed by atoms with Crippen LogP contribution >= 0.6 is 0 Å². The van der Waals surface area contributed by atoms with E-state index in [1.807, 2.05) is 78.9 Å². The molecule has 1 amide bonds. The summed E-state index contributed by atoms with van der Waals surface area (Å²) in [6, 6.07) is 25.3. The summed E-state index contributed by atoms with van der Waals surface area (Å²) in [7, 11) is 0. The first-order chi connectivity index (χ1) is 15.2. The molecule has 0 fully saturated rings. The molecule has 160 valence electrons. The molecule has 0 bridgehead atoms. The highest BCUT2D eigenvalue weighted by Crippen LogP contribution is 2.21. The average Bonchev–Trinajstić information content (AvgIpc) is 2.82. The maximum atomic E-state index is 12.0. The number of hydrogen-bond donors (Lipinski definition) is 1. The van der Waals surface area contributed by atoms with E-state index in [2.05, 4.69) is 24.4 Å². The standard InChI is InChI=1S/C26H28N2O3/c1-3-20(2)22-13-15-24(16-14-22)30-19-26(29)28-27-17-23-11-7-8-12-25(23)31-18-21-9-5-4-6-10-21/h4-17,20H,3,18-19H2,1-2H3,(H,28,29). The molecule has 0 spiro atoms. The lowest BCUT2D eigenvalue weighted by molar-refractivity contribution is -0.123. The third-order valence-corrected chi connectivity index (χ3v) is 4.98. The molecule has 0 aliphatic carbocycles. The number of para-hydroxylation sites is 1. The summed E-state index contributed by atoms with van der Waals surface area (Å²) in [4.78, 5) is 12.0. The first-order valence-corrected chi connectivity index (χ1v) is 10.5. The Balaban J connectivity index is 1.48. The second-order valence-electron chi connectivity index (χ2n) is 7.27. The summed E-state index contributed by atoms with van der Waals surface area (Å²) in [6.45, 7) is 4.70. The van der Waals surface area contributed by atoms with Crippen molar-refractivity contribution in [3.63, 3.8) is 0 Å². The van der Waals surface area contributed by atoms with Crippen LogP contribution in [0.1, 0.15) is 42.9 Å². The van der Waals surface area contributed by atoms with Gasteiger partial charge in [0, 0.05) is 5.56 Å². The van der Waals surface area contributed by atoms with Crippen molar-refractivity contribution in [3.05, 3.63) is 95.6 Å². The zero-order chi connectivity index (χ0) is 21.9. The molecule has 31 heavy (non-hydrogen) atoms. The van der Waals surface area contributed by atoms with Crippen LogP contribution in [0.25, 0.3) is 0 Å². The minimum atomic E-state index is -0.329. The molecule has 3 rings (SSSR count). The van der Waals surface area contributed by atoms with Crippen LogP contribution in [0.3, 0.4) is 0 Å². The first-order valence-electron chi connectivity index (χ1n) is 10.5. The Hall–Kier alpha value is -3.60. The molecule has 3 aromatic carbocycles. The molecule has 0 radical (unpaired) electrons. The fraction of sp³-hybridized carbons (Fsp3) is 0.231. The predicted molar refractivity (Wildman–Crippen MR) is 124 cm³/mol. The quantitative estimate of drug-likeness (QED) is 0.360. The van der Waals surface area contributed by atoms with Crippen molar-refractivity contribution in [1.82, 2.24) is 5.43 Å². The number of carbonyl (C=O) groups is 1. The van der Waals surface area contributed by atoms with Crippen LogP contribution in [0.4, 0.5) is 0 Å². The van der Waals surface area contributed by atoms with Crippen LogP contribution in [0.15, 0.2) is 84.0 Å². The van der Waals surface area contributed by atoms with Crippen LogP contribution in [-0.4, -0.2) is 18.7 Å². The molecule has 0 aliphatic rings. The Bertz CT molecular complexity index is 985. The Morgan fingerprint density at radius 3 is 2.42 bits per heavy atom. The molecule has 0 saturated carbocycles. The highest BCUT2D eigenvalue weighted by Gasteiger charge is 2.05. The topological polar surface area (TPSA) is 59.9 Å². The van der Waals surface area contributed by atoms with Gasteiger partial charge >= 0.3 is 0 Å². The molecule has 0 aromatic heterocycles. The average molecular weight is 417 g/mol. The Kier molecular flexibility index (Phi) is 8.23. The van der Waals surface area contributed by atoms with Gasteiger partial charge in [0.1, 0.15) is 18.1 Å². The third-order valence-electron chi connectivity index (χ3n) is 4.98. The first kappa shape index (κ1) is 22.1. The Morgan fingerprint density at radius 1 is 0.968 bits per heavy atom. The van der Waals surface area contributed by atoms with Crippen molar-refractivity contribution in [3.8, 4) is 11.5 Å². The molecule has 1 atom stereocenters. The van der Waals surface area contributed by atoms with Gasteiger partial charge in [0.25, 0.3) is 5.91 Å². The summed E-state index contributed by atoms with van der Waals surface area (Å²) in [5.41, 5.74) is 5.61. The van der Waals surface area contributed by atoms with Gasteiger partial charge in [-0.15, -0.1) is 0 Å². The Labute approximate surface area is 183 Å². The van der Waals surface area contributed by atoms with Gasteiger partial charge in [-0.2, -0.15) is 5.10 Å². The fourth-order valence-corrected chi connectivity index (χ4v) is 2.94. The SMILES string of the molecule is CCC(C)c1ccc(OCC(=O)NN=Cc2ccccc2OCc2ccccc2)cc1. The lowest BCUT2D eigenvalue weighted by atomic mass is 9.99. The highest BCUT2D eigenvalue weighted by molar-refractivity contribution is 5.85. The van der Waals surface area contributed by atoms with Gasteiger partial charge in [-0.05, 0) is 47.7 Å². The van der Waals surface area contributed by atoms with E-state index in [9.17, 15) is 4.79 Å². The minimum Gasteiger partial charge on any atom is -0.488 e. The maximum Gasteiger partial charge on any atom is 0.277 e. The molecule has 3 aromatic rings. The summed E-state index contributed by atoms with van der Waals surface area (Å²) in [5.74, 6) is 1.53. The predicted octanol–water partition coefficient (Wildman–Crippen LogP) is 5.31. The molecule has 0 aliphatic heterocycles. The molecule has 5 nitrogen and oxygen atoms in total. The number of nitrogens with one attached hydrogen (secondary N) is 1. The smallest absolute Gasteiger partial charge is 0.277 e. The van der Waals surface area contributed by atoms with Crippen molar-refractivity contribution >= 4 is 12.1 Å². The van der Waals surface area contributed by atoms with Gasteiger partial charge in [0.15, 0.2) is 6.61 Å². The van der Waals surface area contributed by atoms with E-state index in [4.69, 9.17) is 9.47 Å². The second-order valence-corrected chi connectivity index (χ2v) is 7.27. The van der Waals surface area contributed by atoms with Crippen molar-refractivity contribution < 1.29 is 14.3 Å². The van der Waals surface area contributed by atoms with E-state index in [-0.39, 0.29) is 12.5 Å². The van der Waals surface area contributed by atoms with Gasteiger partial charge in [0.2, 0.25) is 0 Å². The zero-order valence-corrected chi connectivity index (χ0v) is 18.0. The van der Waals surface area contributed by atoms with Crippen LogP contribution in [0, 0.1) is 0 Å². The number of ether oxygens (including phenoxy) is 2. The van der Waals surface area contributed by atoms with Gasteiger partial charge in [-0.1, -0.05) is 68.4 Å². The van der Waals surface area contributed by atoms with E-state index in [1.54, 1.807) is 6.21 Å². The zero-order valence-electron chi connectivity index (χ0n) is 18.0. The lowest BCUT2D eigenvalue weighted by Gasteiger charge is -2.10. The van der Waals surface area contributed by atoms with Crippen molar-refractivity contribution in [2.45, 2.75) is 32.8 Å². The monoisotopic (exact) mass is 416 g/mol. The van der Waals surface area contributed by atoms with Crippen LogP contribution < -0.4 is 14.9 Å². The van der Waals surface area contributed by atoms with Crippen LogP contribution in [0.2, 0.25) is 0 Å². The molecule has 1 unspecified atom stereocenters. The number of benzene rings is 3. The van der Waals surface area contributed by atoms with Crippen molar-refractivity contribution in [2.24, 2.45) is 5.10 Å². The highest BCUT2D eigenvalue weighted by atomic mass is 16.5. The number of rotatable bonds is 10. The minimum absolute atomic E-state index is 0.105. The van der Waals surface area contributed by atoms with E-state index in [0.29, 0.717) is 24.0 Å². The van der Waals surface area contributed by atoms with Crippen molar-refractivity contribution in [2.75, 3.05) is 6.61 Å². The van der Waals surface area contributed by atoms with Crippen LogP contribution in [0.5, 0.6) is 11.5 Å². The molecule has 1 N–H and O–H groups in total. The van der Waals surface area contributed by atoms with E-state index in [0.717, 1.165) is 17.5 Å². The van der Waals surface area contributed by atoms with Gasteiger partial charge in [-0.3, -0.25) is 4.79 Å². The fourth-order valence-electron chi connectivity index (χ4n) is 2.94.